The van der Waals surface area contributed by atoms with Gasteiger partial charge in [-0.15, -0.1) is 0 Å². The highest BCUT2D eigenvalue weighted by molar-refractivity contribution is 8.00. The predicted molar refractivity (Wildman–Crippen MR) is 89.8 cm³/mol. The summed E-state index contributed by atoms with van der Waals surface area (Å²) in [7, 11) is 0. The van der Waals surface area contributed by atoms with Crippen LogP contribution in [-0.4, -0.2) is 28.4 Å². The molecule has 1 aromatic heterocycles. The number of hydrogen-bond acceptors (Lipinski definition) is 4. The molecule has 4 nitrogen and oxygen atoms in total. The highest BCUT2D eigenvalue weighted by Gasteiger charge is 2.36. The van der Waals surface area contributed by atoms with Crippen molar-refractivity contribution in [3.8, 4) is 0 Å². The van der Waals surface area contributed by atoms with Crippen molar-refractivity contribution < 1.29 is 4.79 Å². The van der Waals surface area contributed by atoms with Crippen LogP contribution in [0.5, 0.6) is 0 Å². The summed E-state index contributed by atoms with van der Waals surface area (Å²) in [6.45, 7) is 6.91. The molecule has 3 N–H and O–H groups in total. The molecule has 1 saturated carbocycles. The molecule has 1 aromatic rings. The van der Waals surface area contributed by atoms with Crippen molar-refractivity contribution in [3.05, 3.63) is 23.4 Å². The molecule has 0 atom stereocenters. The summed E-state index contributed by atoms with van der Waals surface area (Å²) in [5.74, 6) is 0.339. The number of thioether (sulfide) groups is 1. The van der Waals surface area contributed by atoms with Gasteiger partial charge in [0.15, 0.2) is 0 Å². The number of anilines is 1. The van der Waals surface area contributed by atoms with Crippen LogP contribution in [0.15, 0.2) is 12.1 Å². The molecule has 0 aliphatic heterocycles. The van der Waals surface area contributed by atoms with E-state index in [1.165, 1.54) is 19.3 Å². The van der Waals surface area contributed by atoms with E-state index < -0.39 is 0 Å². The van der Waals surface area contributed by atoms with E-state index in [-0.39, 0.29) is 16.1 Å². The number of nitrogens with two attached hydrogens (primary N) is 1. The van der Waals surface area contributed by atoms with Gasteiger partial charge in [0.05, 0.1) is 0 Å². The van der Waals surface area contributed by atoms with Crippen molar-refractivity contribution in [2.45, 2.75) is 50.2 Å². The molecule has 1 fully saturated rings. The van der Waals surface area contributed by atoms with Crippen molar-refractivity contribution in [2.24, 2.45) is 0 Å². The van der Waals surface area contributed by atoms with Crippen LogP contribution in [0.2, 0.25) is 0 Å². The third kappa shape index (κ3) is 3.70. The van der Waals surface area contributed by atoms with Gasteiger partial charge >= 0.3 is 0 Å². The van der Waals surface area contributed by atoms with E-state index >= 15 is 0 Å². The standard InChI is InChI=1S/C16H25N3OS/c1-15(2,3)12-8-11(9-13(17)19-12)14(20)18-10-16(21-4)6-5-7-16/h8-9H,5-7,10H2,1-4H3,(H2,17,19)(H,18,20). The minimum absolute atomic E-state index is 0.0603. The number of aromatic nitrogens is 1. The van der Waals surface area contributed by atoms with E-state index in [0.717, 1.165) is 12.2 Å². The molecule has 1 aliphatic rings. The molecule has 21 heavy (non-hydrogen) atoms. The van der Waals surface area contributed by atoms with Gasteiger partial charge in [-0.25, -0.2) is 4.98 Å². The quantitative estimate of drug-likeness (QED) is 0.897. The van der Waals surface area contributed by atoms with Crippen LogP contribution in [0.25, 0.3) is 0 Å². The second kappa shape index (κ2) is 5.87. The Morgan fingerprint density at radius 1 is 1.43 bits per heavy atom. The predicted octanol–water partition coefficient (Wildman–Crippen LogP) is 2.98. The number of nitrogens with zero attached hydrogens (tertiary/aromatic N) is 1. The molecule has 1 heterocycles. The Morgan fingerprint density at radius 3 is 2.57 bits per heavy atom. The molecule has 116 valence electrons. The van der Waals surface area contributed by atoms with Gasteiger partial charge in [-0.05, 0) is 31.2 Å². The van der Waals surface area contributed by atoms with Gasteiger partial charge in [0.1, 0.15) is 5.82 Å². The maximum Gasteiger partial charge on any atom is 0.251 e. The number of carbonyl (C=O) groups excluding carboxylic acids is 1. The minimum atomic E-state index is -0.126. The Labute approximate surface area is 131 Å². The molecular formula is C16H25N3OS. The summed E-state index contributed by atoms with van der Waals surface area (Å²) in [4.78, 5) is 16.7. The third-order valence-electron chi connectivity index (χ3n) is 4.14. The molecular weight excluding hydrogens is 282 g/mol. The molecule has 1 amide bonds. The fourth-order valence-electron chi connectivity index (χ4n) is 2.43. The monoisotopic (exact) mass is 307 g/mol. The van der Waals surface area contributed by atoms with E-state index in [1.807, 2.05) is 17.8 Å². The SMILES string of the molecule is CSC1(CNC(=O)c2cc(N)nc(C(C)(C)C)c2)CCC1. The van der Waals surface area contributed by atoms with Crippen LogP contribution in [0.1, 0.15) is 56.1 Å². The zero-order valence-corrected chi connectivity index (χ0v) is 14.1. The lowest BCUT2D eigenvalue weighted by Crippen LogP contribution is -2.45. The van der Waals surface area contributed by atoms with Crippen LogP contribution < -0.4 is 11.1 Å². The normalized spacial score (nSPS) is 17.1. The van der Waals surface area contributed by atoms with Gasteiger partial charge in [-0.2, -0.15) is 11.8 Å². The fourth-order valence-corrected chi connectivity index (χ4v) is 3.35. The topological polar surface area (TPSA) is 68.0 Å². The average Bonchev–Trinajstić information content (AvgIpc) is 2.36. The maximum atomic E-state index is 12.4. The van der Waals surface area contributed by atoms with Gasteiger partial charge in [-0.1, -0.05) is 27.2 Å². The molecule has 0 saturated heterocycles. The molecule has 2 rings (SSSR count). The van der Waals surface area contributed by atoms with E-state index in [4.69, 9.17) is 5.73 Å². The van der Waals surface area contributed by atoms with Gasteiger partial charge in [0.2, 0.25) is 0 Å². The number of hydrogen-bond donors (Lipinski definition) is 2. The number of amides is 1. The Kier molecular flexibility index (Phi) is 4.51. The van der Waals surface area contributed by atoms with Crippen LogP contribution in [0.4, 0.5) is 5.82 Å². The number of carbonyl (C=O) groups is 1. The molecule has 5 heteroatoms. The zero-order chi connectivity index (χ0) is 15.7. The van der Waals surface area contributed by atoms with Gasteiger partial charge in [0, 0.05) is 28.0 Å². The third-order valence-corrected chi connectivity index (χ3v) is 5.56. The van der Waals surface area contributed by atoms with Gasteiger partial charge in [0.25, 0.3) is 5.91 Å². The Bertz CT molecular complexity index is 527. The zero-order valence-electron chi connectivity index (χ0n) is 13.3. The lowest BCUT2D eigenvalue weighted by molar-refractivity contribution is 0.0943. The minimum Gasteiger partial charge on any atom is -0.384 e. The Morgan fingerprint density at radius 2 is 2.10 bits per heavy atom. The highest BCUT2D eigenvalue weighted by Crippen LogP contribution is 2.42. The molecule has 0 aromatic carbocycles. The smallest absolute Gasteiger partial charge is 0.251 e. The van der Waals surface area contributed by atoms with Crippen molar-refractivity contribution >= 4 is 23.5 Å². The first-order valence-corrected chi connectivity index (χ1v) is 8.60. The lowest BCUT2D eigenvalue weighted by atomic mass is 9.84. The van der Waals surface area contributed by atoms with Crippen molar-refractivity contribution in [1.29, 1.82) is 0 Å². The summed E-state index contributed by atoms with van der Waals surface area (Å²) in [5.41, 5.74) is 7.16. The highest BCUT2D eigenvalue weighted by atomic mass is 32.2. The first-order chi connectivity index (χ1) is 9.76. The van der Waals surface area contributed by atoms with Gasteiger partial charge in [-0.3, -0.25) is 4.79 Å². The lowest BCUT2D eigenvalue weighted by Gasteiger charge is -2.40. The molecule has 0 unspecified atom stereocenters. The van der Waals surface area contributed by atoms with Crippen LogP contribution in [0, 0.1) is 0 Å². The maximum absolute atomic E-state index is 12.4. The van der Waals surface area contributed by atoms with E-state index in [0.29, 0.717) is 11.4 Å². The fraction of sp³-hybridized carbons (Fsp3) is 0.625. The van der Waals surface area contributed by atoms with Crippen LogP contribution >= 0.6 is 11.8 Å². The van der Waals surface area contributed by atoms with E-state index in [2.05, 4.69) is 37.3 Å². The van der Waals surface area contributed by atoms with Crippen LogP contribution in [0.3, 0.4) is 0 Å². The van der Waals surface area contributed by atoms with E-state index in [1.54, 1.807) is 6.07 Å². The summed E-state index contributed by atoms with van der Waals surface area (Å²) in [6.07, 6.45) is 5.74. The largest absolute Gasteiger partial charge is 0.384 e. The number of rotatable bonds is 4. The average molecular weight is 307 g/mol. The molecule has 0 spiro atoms. The summed E-state index contributed by atoms with van der Waals surface area (Å²) in [5, 5.41) is 3.06. The first-order valence-electron chi connectivity index (χ1n) is 7.37. The van der Waals surface area contributed by atoms with E-state index in [9.17, 15) is 4.79 Å². The number of nitrogen functional groups attached to an aromatic ring is 1. The van der Waals surface area contributed by atoms with Crippen molar-refractivity contribution in [2.75, 3.05) is 18.5 Å². The summed E-state index contributed by atoms with van der Waals surface area (Å²) >= 11 is 1.86. The first kappa shape index (κ1) is 16.1. The number of nitrogens with one attached hydrogen (secondary N) is 1. The number of pyridine rings is 1. The molecule has 0 radical (unpaired) electrons. The van der Waals surface area contributed by atoms with Crippen LogP contribution in [-0.2, 0) is 5.41 Å². The van der Waals surface area contributed by atoms with Crippen molar-refractivity contribution in [3.63, 3.8) is 0 Å². The Balaban J connectivity index is 2.10. The second-order valence-corrected chi connectivity index (χ2v) is 8.11. The summed E-state index contributed by atoms with van der Waals surface area (Å²) in [6, 6.07) is 3.50. The Hall–Kier alpha value is -1.23. The molecule has 1 aliphatic carbocycles. The molecule has 0 bridgehead atoms. The van der Waals surface area contributed by atoms with Crippen molar-refractivity contribution in [1.82, 2.24) is 10.3 Å². The second-order valence-electron chi connectivity index (χ2n) is 6.84. The van der Waals surface area contributed by atoms with Gasteiger partial charge < -0.3 is 11.1 Å². The summed E-state index contributed by atoms with van der Waals surface area (Å²) < 4.78 is 0.237.